The summed E-state index contributed by atoms with van der Waals surface area (Å²) in [6.45, 7) is 17.6. The highest BCUT2D eigenvalue weighted by atomic mass is 35.5. The molecule has 1 heterocycles. The van der Waals surface area contributed by atoms with Crippen LogP contribution in [0.3, 0.4) is 0 Å². The van der Waals surface area contributed by atoms with Crippen LogP contribution in [0.5, 0.6) is 0 Å². The quantitative estimate of drug-likeness (QED) is 0.450. The first-order valence-corrected chi connectivity index (χ1v) is 13.1. The molecule has 0 aromatic rings. The average Bonchev–Trinajstić information content (AvgIpc) is 2.72. The standard InChI is InChI=1S/C27H46ClN3.4H2O/c1-6-29-24-13-7-21(8-14-24)17-30-26(20(2)3)18-31-16-15-25(27(4,5)19-31)22-9-11-23(28)12-10-22;;;;/h7,9,11,20,24-26,29-30H,6,8,10,12-19H2,1-5H3;4*1H2/t24?,25-,26+;;;;/m1..../s1. The van der Waals surface area contributed by atoms with Crippen molar-refractivity contribution in [1.82, 2.24) is 15.5 Å². The van der Waals surface area contributed by atoms with E-state index in [2.05, 4.69) is 68.4 Å². The van der Waals surface area contributed by atoms with Crippen LogP contribution in [0.25, 0.3) is 0 Å². The van der Waals surface area contributed by atoms with E-state index in [0.29, 0.717) is 29.3 Å². The van der Waals surface area contributed by atoms with Crippen molar-refractivity contribution in [3.63, 3.8) is 0 Å². The van der Waals surface area contributed by atoms with Crippen molar-refractivity contribution in [3.8, 4) is 0 Å². The zero-order chi connectivity index (χ0) is 22.4. The van der Waals surface area contributed by atoms with Gasteiger partial charge < -0.3 is 37.4 Å². The molecule has 3 aliphatic rings. The highest BCUT2D eigenvalue weighted by molar-refractivity contribution is 6.29. The molecule has 0 spiro atoms. The van der Waals surface area contributed by atoms with Crippen molar-refractivity contribution in [3.05, 3.63) is 34.4 Å². The summed E-state index contributed by atoms with van der Waals surface area (Å²) >= 11 is 6.20. The first-order valence-electron chi connectivity index (χ1n) is 12.7. The van der Waals surface area contributed by atoms with E-state index >= 15 is 0 Å². The van der Waals surface area contributed by atoms with Crippen molar-refractivity contribution < 1.29 is 21.9 Å². The minimum atomic E-state index is 0. The molecule has 3 rings (SSSR count). The molecule has 0 saturated carbocycles. The molecule has 208 valence electrons. The summed E-state index contributed by atoms with van der Waals surface area (Å²) in [6.07, 6.45) is 14.1. The highest BCUT2D eigenvalue weighted by Gasteiger charge is 2.38. The second kappa shape index (κ2) is 16.9. The molecule has 10 N–H and O–H groups in total. The topological polar surface area (TPSA) is 153 Å². The smallest absolute Gasteiger partial charge is 0.0221 e. The Morgan fingerprint density at radius 3 is 2.29 bits per heavy atom. The van der Waals surface area contributed by atoms with E-state index in [4.69, 9.17) is 11.6 Å². The van der Waals surface area contributed by atoms with Gasteiger partial charge in [0, 0.05) is 36.8 Å². The Kier molecular flexibility index (Phi) is 17.5. The van der Waals surface area contributed by atoms with E-state index in [1.807, 2.05) is 0 Å². The van der Waals surface area contributed by atoms with Gasteiger partial charge in [-0.3, -0.25) is 0 Å². The Labute approximate surface area is 218 Å². The van der Waals surface area contributed by atoms with Crippen LogP contribution in [0.2, 0.25) is 0 Å². The van der Waals surface area contributed by atoms with Crippen LogP contribution in [0, 0.1) is 17.3 Å². The van der Waals surface area contributed by atoms with Gasteiger partial charge in [0.2, 0.25) is 0 Å². The Hall–Kier alpha value is -0.770. The molecule has 0 aromatic carbocycles. The van der Waals surface area contributed by atoms with Gasteiger partial charge in [0.25, 0.3) is 0 Å². The van der Waals surface area contributed by atoms with Gasteiger partial charge in [-0.1, -0.05) is 69.5 Å². The van der Waals surface area contributed by atoms with Crippen LogP contribution < -0.4 is 10.6 Å². The van der Waals surface area contributed by atoms with Crippen molar-refractivity contribution in [1.29, 1.82) is 0 Å². The fourth-order valence-corrected chi connectivity index (χ4v) is 5.96. The summed E-state index contributed by atoms with van der Waals surface area (Å²) in [5.74, 6) is 1.33. The van der Waals surface area contributed by atoms with Gasteiger partial charge in [0.1, 0.15) is 0 Å². The number of likely N-dealkylation sites (tertiary alicyclic amines) is 1. The van der Waals surface area contributed by atoms with Crippen LogP contribution in [-0.2, 0) is 0 Å². The molecule has 1 fully saturated rings. The predicted octanol–water partition coefficient (Wildman–Crippen LogP) is 2.58. The number of nitrogens with one attached hydrogen (secondary N) is 2. The van der Waals surface area contributed by atoms with Crippen molar-refractivity contribution in [2.24, 2.45) is 17.3 Å². The van der Waals surface area contributed by atoms with E-state index in [1.54, 1.807) is 11.1 Å². The van der Waals surface area contributed by atoms with Crippen LogP contribution in [-0.4, -0.2) is 71.6 Å². The third-order valence-electron chi connectivity index (χ3n) is 7.74. The minimum absolute atomic E-state index is 0. The molecular formula is C27H54ClN3O4. The molecule has 1 aliphatic heterocycles. The molecule has 35 heavy (non-hydrogen) atoms. The lowest BCUT2D eigenvalue weighted by molar-refractivity contribution is 0.0608. The summed E-state index contributed by atoms with van der Waals surface area (Å²) in [5, 5.41) is 8.53. The van der Waals surface area contributed by atoms with Crippen molar-refractivity contribution in [2.75, 3.05) is 32.7 Å². The molecule has 3 atom stereocenters. The molecule has 0 aromatic heterocycles. The number of hydrogen-bond donors (Lipinski definition) is 2. The van der Waals surface area contributed by atoms with E-state index in [0.717, 1.165) is 37.5 Å². The van der Waals surface area contributed by atoms with Gasteiger partial charge in [0.05, 0.1) is 0 Å². The SMILES string of the molecule is CCNC1CC=C(CN[C@@H](CN2CC[C@H](C3=CC=C(Cl)CC3)C(C)(C)C2)C(C)C)CC1.O.O.O.O. The monoisotopic (exact) mass is 519 g/mol. The number of piperidine rings is 1. The largest absolute Gasteiger partial charge is 0.412 e. The first-order chi connectivity index (χ1) is 14.8. The maximum atomic E-state index is 6.20. The molecule has 2 aliphatic carbocycles. The Balaban J connectivity index is 0. The van der Waals surface area contributed by atoms with E-state index < -0.39 is 0 Å². The van der Waals surface area contributed by atoms with E-state index in [1.165, 1.54) is 38.8 Å². The summed E-state index contributed by atoms with van der Waals surface area (Å²) in [7, 11) is 0. The Bertz CT molecular complexity index is 694. The van der Waals surface area contributed by atoms with Crippen LogP contribution in [0.1, 0.15) is 73.1 Å². The first kappa shape index (κ1) is 36.4. The van der Waals surface area contributed by atoms with E-state index in [9.17, 15) is 0 Å². The van der Waals surface area contributed by atoms with Crippen LogP contribution in [0.15, 0.2) is 34.4 Å². The molecule has 1 saturated heterocycles. The van der Waals surface area contributed by atoms with Gasteiger partial charge in [0.15, 0.2) is 0 Å². The maximum Gasteiger partial charge on any atom is 0.0221 e. The van der Waals surface area contributed by atoms with Crippen LogP contribution >= 0.6 is 11.6 Å². The van der Waals surface area contributed by atoms with E-state index in [-0.39, 0.29) is 21.9 Å². The zero-order valence-corrected chi connectivity index (χ0v) is 23.4. The molecule has 0 amide bonds. The molecule has 1 unspecified atom stereocenters. The second-order valence-corrected chi connectivity index (χ2v) is 11.5. The number of nitrogens with zero attached hydrogens (tertiary/aromatic N) is 1. The maximum absolute atomic E-state index is 6.20. The van der Waals surface area contributed by atoms with Gasteiger partial charge in [-0.15, -0.1) is 0 Å². The second-order valence-electron chi connectivity index (χ2n) is 11.0. The number of halogens is 1. The van der Waals surface area contributed by atoms with Gasteiger partial charge in [-0.25, -0.2) is 0 Å². The molecule has 7 nitrogen and oxygen atoms in total. The highest BCUT2D eigenvalue weighted by Crippen LogP contribution is 2.42. The van der Waals surface area contributed by atoms with Crippen LogP contribution in [0.4, 0.5) is 0 Å². The number of hydrogen-bond acceptors (Lipinski definition) is 3. The molecular weight excluding hydrogens is 466 g/mol. The summed E-state index contributed by atoms with van der Waals surface area (Å²) in [6, 6.07) is 1.24. The van der Waals surface area contributed by atoms with Crippen molar-refractivity contribution in [2.45, 2.75) is 85.2 Å². The Morgan fingerprint density at radius 1 is 1.06 bits per heavy atom. The van der Waals surface area contributed by atoms with Gasteiger partial charge in [-0.2, -0.15) is 0 Å². The fraction of sp³-hybridized carbons (Fsp3) is 0.778. The molecule has 0 bridgehead atoms. The van der Waals surface area contributed by atoms with Gasteiger partial charge >= 0.3 is 0 Å². The third-order valence-corrected chi connectivity index (χ3v) is 8.05. The molecule has 0 radical (unpaired) electrons. The van der Waals surface area contributed by atoms with Crippen molar-refractivity contribution >= 4 is 11.6 Å². The Morgan fingerprint density at radius 2 is 1.77 bits per heavy atom. The summed E-state index contributed by atoms with van der Waals surface area (Å²) in [5.41, 5.74) is 3.54. The summed E-state index contributed by atoms with van der Waals surface area (Å²) in [4.78, 5) is 2.72. The molecule has 8 heteroatoms. The normalized spacial score (nSPS) is 24.9. The average molecular weight is 520 g/mol. The fourth-order valence-electron chi connectivity index (χ4n) is 5.80. The lowest BCUT2D eigenvalue weighted by Gasteiger charge is -2.47. The lowest BCUT2D eigenvalue weighted by Crippen LogP contribution is -2.52. The number of rotatable bonds is 9. The number of allylic oxidation sites excluding steroid dienone is 4. The third kappa shape index (κ3) is 10.6. The van der Waals surface area contributed by atoms with Gasteiger partial charge in [-0.05, 0) is 74.9 Å². The summed E-state index contributed by atoms with van der Waals surface area (Å²) < 4.78 is 0. The predicted molar refractivity (Wildman–Crippen MR) is 150 cm³/mol. The zero-order valence-electron chi connectivity index (χ0n) is 22.6. The minimum Gasteiger partial charge on any atom is -0.412 e. The lowest BCUT2D eigenvalue weighted by atomic mass is 9.68.